The molecule has 2 N–H and O–H groups in total. The molecular weight excluding hydrogens is 209 g/mol. The zero-order chi connectivity index (χ0) is 7.56. The van der Waals surface area contributed by atoms with Crippen molar-refractivity contribution in [3.63, 3.8) is 0 Å². The smallest absolute Gasteiger partial charge is 0.148 e. The van der Waals surface area contributed by atoms with Crippen molar-refractivity contribution >= 4 is 24.8 Å². The maximum Gasteiger partial charge on any atom is 0.148 e. The van der Waals surface area contributed by atoms with Crippen LogP contribution in [0.3, 0.4) is 0 Å². The number of hydrogen-bond donors (Lipinski definition) is 1. The Morgan fingerprint density at radius 2 is 1.58 bits per heavy atom. The maximum absolute atomic E-state index is 12.5. The van der Waals surface area contributed by atoms with Crippen LogP contribution in [0.4, 0.5) is 8.78 Å². The van der Waals surface area contributed by atoms with E-state index in [1.165, 1.54) is 0 Å². The van der Waals surface area contributed by atoms with Gasteiger partial charge in [-0.25, -0.2) is 8.78 Å². The second-order valence-corrected chi connectivity index (χ2v) is 1.79. The Morgan fingerprint density at radius 3 is 1.83 bits per heavy atom. The fraction of sp³-hybridized carbons (Fsp3) is 0.167. The molecule has 0 amide bonds. The lowest BCUT2D eigenvalue weighted by atomic mass is 10.2. The van der Waals surface area contributed by atoms with Crippen LogP contribution in [0, 0.1) is 11.6 Å². The number of aromatic nitrogens is 1. The summed E-state index contributed by atoms with van der Waals surface area (Å²) >= 11 is 0. The Morgan fingerprint density at radius 1 is 1.17 bits per heavy atom. The number of halogens is 4. The summed E-state index contributed by atoms with van der Waals surface area (Å²) in [6, 6.07) is 0. The zero-order valence-corrected chi connectivity index (χ0v) is 7.59. The van der Waals surface area contributed by atoms with Gasteiger partial charge in [-0.15, -0.1) is 24.8 Å². The minimum Gasteiger partial charge on any atom is -0.326 e. The molecule has 70 valence electrons. The Hall–Kier alpha value is -0.450. The lowest BCUT2D eigenvalue weighted by Gasteiger charge is -1.97. The van der Waals surface area contributed by atoms with Crippen LogP contribution < -0.4 is 5.73 Å². The summed E-state index contributed by atoms with van der Waals surface area (Å²) in [5.41, 5.74) is 4.93. The van der Waals surface area contributed by atoms with E-state index < -0.39 is 11.6 Å². The van der Waals surface area contributed by atoms with Crippen molar-refractivity contribution in [3.8, 4) is 0 Å². The fourth-order valence-electron chi connectivity index (χ4n) is 0.633. The summed E-state index contributed by atoms with van der Waals surface area (Å²) in [6.07, 6.45) is 1.87. The molecule has 1 heterocycles. The van der Waals surface area contributed by atoms with Gasteiger partial charge in [0.15, 0.2) is 0 Å². The highest BCUT2D eigenvalue weighted by Gasteiger charge is 2.05. The van der Waals surface area contributed by atoms with Crippen LogP contribution >= 0.6 is 24.8 Å². The van der Waals surface area contributed by atoms with Gasteiger partial charge in [-0.1, -0.05) is 0 Å². The van der Waals surface area contributed by atoms with Gasteiger partial charge in [0.2, 0.25) is 0 Å². The quantitative estimate of drug-likeness (QED) is 0.776. The predicted molar refractivity (Wildman–Crippen MR) is 46.5 cm³/mol. The van der Waals surface area contributed by atoms with E-state index in [0.717, 1.165) is 12.4 Å². The second-order valence-electron chi connectivity index (χ2n) is 1.79. The van der Waals surface area contributed by atoms with E-state index in [-0.39, 0.29) is 36.9 Å². The van der Waals surface area contributed by atoms with E-state index >= 15 is 0 Å². The molecule has 0 saturated carbocycles. The largest absolute Gasteiger partial charge is 0.326 e. The first-order valence-corrected chi connectivity index (χ1v) is 2.73. The summed E-state index contributed by atoms with van der Waals surface area (Å²) < 4.78 is 24.9. The van der Waals surface area contributed by atoms with Gasteiger partial charge in [0.1, 0.15) is 11.6 Å². The minimum atomic E-state index is -0.692. The molecule has 0 aliphatic heterocycles. The van der Waals surface area contributed by atoms with Crippen molar-refractivity contribution in [2.45, 2.75) is 6.54 Å². The summed E-state index contributed by atoms with van der Waals surface area (Å²) in [4.78, 5) is 3.29. The molecule has 12 heavy (non-hydrogen) atoms. The highest BCUT2D eigenvalue weighted by atomic mass is 35.5. The Bertz CT molecular complexity index is 225. The van der Waals surface area contributed by atoms with Gasteiger partial charge in [0, 0.05) is 12.1 Å². The molecule has 1 aromatic heterocycles. The predicted octanol–water partition coefficient (Wildman–Crippen LogP) is 1.66. The van der Waals surface area contributed by atoms with Crippen molar-refractivity contribution in [2.75, 3.05) is 0 Å². The molecule has 0 unspecified atom stereocenters. The number of pyridine rings is 1. The van der Waals surface area contributed by atoms with Crippen LogP contribution in [0.25, 0.3) is 0 Å². The number of rotatable bonds is 1. The van der Waals surface area contributed by atoms with Crippen molar-refractivity contribution in [1.82, 2.24) is 4.98 Å². The normalized spacial score (nSPS) is 8.25. The standard InChI is InChI=1S/C6H6F2N2.2ClH/c7-5-2-10-3-6(8)4(5)1-9;;/h2-3H,1,9H2;2*1H. The van der Waals surface area contributed by atoms with Crippen LogP contribution in [-0.4, -0.2) is 4.98 Å². The molecule has 0 atom stereocenters. The lowest BCUT2D eigenvalue weighted by Crippen LogP contribution is -2.03. The maximum atomic E-state index is 12.5. The van der Waals surface area contributed by atoms with Gasteiger partial charge in [-0.05, 0) is 0 Å². The van der Waals surface area contributed by atoms with E-state index in [2.05, 4.69) is 4.98 Å². The third-order valence-electron chi connectivity index (χ3n) is 1.16. The Balaban J connectivity index is 0. The third kappa shape index (κ3) is 2.89. The highest BCUT2D eigenvalue weighted by molar-refractivity contribution is 5.85. The molecule has 1 aromatic rings. The minimum absolute atomic E-state index is 0. The Kier molecular flexibility index (Phi) is 7.18. The molecule has 0 aliphatic rings. The van der Waals surface area contributed by atoms with Crippen LogP contribution in [0.15, 0.2) is 12.4 Å². The first-order valence-electron chi connectivity index (χ1n) is 2.73. The van der Waals surface area contributed by atoms with E-state index in [4.69, 9.17) is 5.73 Å². The SMILES string of the molecule is Cl.Cl.NCc1c(F)cncc1F. The van der Waals surface area contributed by atoms with E-state index in [0.29, 0.717) is 0 Å². The molecule has 0 aliphatic carbocycles. The molecular formula is C6H8Cl2F2N2. The van der Waals surface area contributed by atoms with Gasteiger partial charge >= 0.3 is 0 Å². The van der Waals surface area contributed by atoms with Crippen LogP contribution in [0.1, 0.15) is 5.56 Å². The monoisotopic (exact) mass is 216 g/mol. The molecule has 0 saturated heterocycles. The summed E-state index contributed by atoms with van der Waals surface area (Å²) in [6.45, 7) is -0.139. The van der Waals surface area contributed by atoms with Crippen molar-refractivity contribution in [3.05, 3.63) is 29.6 Å². The van der Waals surface area contributed by atoms with Crippen LogP contribution in [-0.2, 0) is 6.54 Å². The molecule has 0 aromatic carbocycles. The summed E-state index contributed by atoms with van der Waals surface area (Å²) in [7, 11) is 0. The third-order valence-corrected chi connectivity index (χ3v) is 1.16. The van der Waals surface area contributed by atoms with Gasteiger partial charge < -0.3 is 5.73 Å². The zero-order valence-electron chi connectivity index (χ0n) is 5.96. The number of nitrogens with zero attached hydrogens (tertiary/aromatic N) is 1. The molecule has 0 spiro atoms. The average molecular weight is 217 g/mol. The van der Waals surface area contributed by atoms with E-state index in [1.807, 2.05) is 0 Å². The number of nitrogens with two attached hydrogens (primary N) is 1. The van der Waals surface area contributed by atoms with Gasteiger partial charge in [0.05, 0.1) is 12.4 Å². The molecule has 6 heteroatoms. The topological polar surface area (TPSA) is 38.9 Å². The van der Waals surface area contributed by atoms with Crippen molar-refractivity contribution < 1.29 is 8.78 Å². The van der Waals surface area contributed by atoms with Crippen molar-refractivity contribution in [2.24, 2.45) is 5.73 Å². The van der Waals surface area contributed by atoms with E-state index in [9.17, 15) is 8.78 Å². The molecule has 0 bridgehead atoms. The van der Waals surface area contributed by atoms with Gasteiger partial charge in [-0.3, -0.25) is 4.98 Å². The average Bonchev–Trinajstić information content (AvgIpc) is 1.88. The second kappa shape index (κ2) is 6.11. The highest BCUT2D eigenvalue weighted by Crippen LogP contribution is 2.07. The molecule has 0 radical (unpaired) electrons. The molecule has 1 rings (SSSR count). The molecule has 0 fully saturated rings. The van der Waals surface area contributed by atoms with Crippen LogP contribution in [0.5, 0.6) is 0 Å². The summed E-state index contributed by atoms with van der Waals surface area (Å²) in [5, 5.41) is 0. The van der Waals surface area contributed by atoms with Gasteiger partial charge in [0.25, 0.3) is 0 Å². The van der Waals surface area contributed by atoms with Gasteiger partial charge in [-0.2, -0.15) is 0 Å². The van der Waals surface area contributed by atoms with Crippen molar-refractivity contribution in [1.29, 1.82) is 0 Å². The first-order chi connectivity index (χ1) is 4.75. The first kappa shape index (κ1) is 14.1. The summed E-state index contributed by atoms with van der Waals surface area (Å²) in [5.74, 6) is -1.38. The number of hydrogen-bond acceptors (Lipinski definition) is 2. The fourth-order valence-corrected chi connectivity index (χ4v) is 0.633. The molecule has 2 nitrogen and oxygen atoms in total. The van der Waals surface area contributed by atoms with E-state index in [1.54, 1.807) is 0 Å². The lowest BCUT2D eigenvalue weighted by molar-refractivity contribution is 0.547. The van der Waals surface area contributed by atoms with Crippen LogP contribution in [0.2, 0.25) is 0 Å². The Labute approximate surface area is 81.0 Å².